The number of carbonyl (C=O) groups excluding carboxylic acids is 1. The van der Waals surface area contributed by atoms with E-state index in [1.807, 2.05) is 18.2 Å². The molecule has 0 bridgehead atoms. The summed E-state index contributed by atoms with van der Waals surface area (Å²) in [6.07, 6.45) is 2.24. The van der Waals surface area contributed by atoms with Crippen molar-refractivity contribution in [2.75, 3.05) is 32.7 Å². The van der Waals surface area contributed by atoms with Crippen LogP contribution in [-0.2, 0) is 13.1 Å². The summed E-state index contributed by atoms with van der Waals surface area (Å²) in [6, 6.07) is 14.3. The molecule has 3 aromatic rings. The number of hydrogen-bond donors (Lipinski definition) is 0. The van der Waals surface area contributed by atoms with Crippen molar-refractivity contribution >= 4 is 44.2 Å². The lowest BCUT2D eigenvalue weighted by Gasteiger charge is -2.22. The van der Waals surface area contributed by atoms with E-state index in [1.54, 1.807) is 6.92 Å². The Bertz CT molecular complexity index is 1110. The molecule has 0 spiro atoms. The van der Waals surface area contributed by atoms with Gasteiger partial charge < -0.3 is 9.47 Å². The van der Waals surface area contributed by atoms with Crippen LogP contribution < -0.4 is 0 Å². The van der Waals surface area contributed by atoms with Gasteiger partial charge in [0.15, 0.2) is 5.78 Å². The fourth-order valence-electron chi connectivity index (χ4n) is 4.94. The molecule has 1 saturated heterocycles. The molecule has 2 heterocycles. The summed E-state index contributed by atoms with van der Waals surface area (Å²) in [5.41, 5.74) is 4.27. The number of carbonyl (C=O) groups is 1. The minimum Gasteiger partial charge on any atom is -0.343 e. The van der Waals surface area contributed by atoms with Gasteiger partial charge in [-0.15, -0.1) is 0 Å². The molecular formula is C26H31BrClN3O. The van der Waals surface area contributed by atoms with Crippen LogP contribution in [0.4, 0.5) is 0 Å². The summed E-state index contributed by atoms with van der Waals surface area (Å²) in [4.78, 5) is 17.4. The average Bonchev–Trinajstić information content (AvgIpc) is 2.89. The molecule has 6 heteroatoms. The molecule has 2 aromatic carbocycles. The van der Waals surface area contributed by atoms with Gasteiger partial charge in [-0.05, 0) is 79.9 Å². The first-order valence-corrected chi connectivity index (χ1v) is 12.6. The van der Waals surface area contributed by atoms with E-state index < -0.39 is 0 Å². The number of rotatable bonds is 7. The van der Waals surface area contributed by atoms with E-state index in [-0.39, 0.29) is 5.78 Å². The number of fused-ring (bicyclic) bond motifs is 1. The topological polar surface area (TPSA) is 28.5 Å². The monoisotopic (exact) mass is 515 g/mol. The number of halogens is 2. The molecular weight excluding hydrogens is 486 g/mol. The molecule has 0 aliphatic carbocycles. The van der Waals surface area contributed by atoms with Crippen LogP contribution in [0.15, 0.2) is 46.9 Å². The van der Waals surface area contributed by atoms with Gasteiger partial charge in [-0.1, -0.05) is 41.9 Å². The van der Waals surface area contributed by atoms with E-state index in [0.29, 0.717) is 0 Å². The Morgan fingerprint density at radius 3 is 2.53 bits per heavy atom. The maximum atomic E-state index is 12.3. The molecule has 4 rings (SSSR count). The number of Topliss-reactive ketones (excluding diaryl/α,β-unsaturated/α-hetero) is 1. The summed E-state index contributed by atoms with van der Waals surface area (Å²) >= 11 is 10.1. The zero-order valence-electron chi connectivity index (χ0n) is 18.9. The minimum atomic E-state index is 0.135. The van der Waals surface area contributed by atoms with E-state index in [1.165, 1.54) is 12.0 Å². The van der Waals surface area contributed by atoms with Gasteiger partial charge in [-0.25, -0.2) is 0 Å². The Kier molecular flexibility index (Phi) is 7.72. The highest BCUT2D eigenvalue weighted by molar-refractivity contribution is 9.10. The fourth-order valence-corrected chi connectivity index (χ4v) is 5.71. The molecule has 0 saturated carbocycles. The normalized spacial score (nSPS) is 15.9. The van der Waals surface area contributed by atoms with Gasteiger partial charge in [0.05, 0.1) is 5.52 Å². The lowest BCUT2D eigenvalue weighted by molar-refractivity contribution is 0.101. The third-order valence-corrected chi connectivity index (χ3v) is 7.54. The lowest BCUT2D eigenvalue weighted by Crippen LogP contribution is -2.31. The SMILES string of the molecule is CC(=O)c1c(C)n(CCCN2CCCN(Cc3ccccc3Cl)CC2)c2c(Br)cccc12. The molecule has 1 fully saturated rings. The van der Waals surface area contributed by atoms with Crippen LogP contribution in [0.2, 0.25) is 5.02 Å². The van der Waals surface area contributed by atoms with Crippen molar-refractivity contribution in [1.82, 2.24) is 14.4 Å². The van der Waals surface area contributed by atoms with Gasteiger partial charge in [0.2, 0.25) is 0 Å². The molecule has 0 unspecified atom stereocenters. The Balaban J connectivity index is 1.37. The first-order chi connectivity index (χ1) is 15.5. The van der Waals surface area contributed by atoms with Crippen molar-refractivity contribution < 1.29 is 4.79 Å². The van der Waals surface area contributed by atoms with Crippen LogP contribution in [0.5, 0.6) is 0 Å². The number of para-hydroxylation sites is 1. The van der Waals surface area contributed by atoms with Crippen molar-refractivity contribution in [2.24, 2.45) is 0 Å². The zero-order valence-corrected chi connectivity index (χ0v) is 21.3. The van der Waals surface area contributed by atoms with Crippen LogP contribution >= 0.6 is 27.5 Å². The second kappa shape index (κ2) is 10.5. The molecule has 170 valence electrons. The average molecular weight is 517 g/mol. The minimum absolute atomic E-state index is 0.135. The largest absolute Gasteiger partial charge is 0.343 e. The van der Waals surface area contributed by atoms with Crippen LogP contribution in [0.3, 0.4) is 0 Å². The molecule has 1 aliphatic heterocycles. The van der Waals surface area contributed by atoms with Crippen LogP contribution in [0.25, 0.3) is 10.9 Å². The molecule has 32 heavy (non-hydrogen) atoms. The predicted molar refractivity (Wildman–Crippen MR) is 137 cm³/mol. The number of aromatic nitrogens is 1. The van der Waals surface area contributed by atoms with Gasteiger partial charge in [0.1, 0.15) is 0 Å². The van der Waals surface area contributed by atoms with Gasteiger partial charge in [0, 0.05) is 52.3 Å². The molecule has 1 aliphatic rings. The summed E-state index contributed by atoms with van der Waals surface area (Å²) in [6.45, 7) is 11.0. The van der Waals surface area contributed by atoms with Gasteiger partial charge >= 0.3 is 0 Å². The quantitative estimate of drug-likeness (QED) is 0.352. The van der Waals surface area contributed by atoms with Crippen molar-refractivity contribution in [3.8, 4) is 0 Å². The Hall–Kier alpha value is -1.66. The maximum Gasteiger partial charge on any atom is 0.162 e. The molecule has 4 nitrogen and oxygen atoms in total. The lowest BCUT2D eigenvalue weighted by atomic mass is 10.1. The van der Waals surface area contributed by atoms with Gasteiger partial charge in [0.25, 0.3) is 0 Å². The van der Waals surface area contributed by atoms with Crippen LogP contribution in [0.1, 0.15) is 41.4 Å². The van der Waals surface area contributed by atoms with Crippen LogP contribution in [-0.4, -0.2) is 52.9 Å². The van der Waals surface area contributed by atoms with E-state index in [9.17, 15) is 4.79 Å². The Morgan fingerprint density at radius 1 is 1.00 bits per heavy atom. The third-order valence-electron chi connectivity index (χ3n) is 6.53. The zero-order chi connectivity index (χ0) is 22.7. The van der Waals surface area contributed by atoms with Gasteiger partial charge in [-0.3, -0.25) is 9.69 Å². The maximum absolute atomic E-state index is 12.3. The number of benzene rings is 2. The summed E-state index contributed by atoms with van der Waals surface area (Å²) in [7, 11) is 0. The number of nitrogens with zero attached hydrogens (tertiary/aromatic N) is 3. The first kappa shape index (κ1) is 23.5. The van der Waals surface area contributed by atoms with E-state index in [4.69, 9.17) is 11.6 Å². The molecule has 1 aromatic heterocycles. The molecule has 0 atom stereocenters. The molecule has 0 N–H and O–H groups in total. The van der Waals surface area contributed by atoms with E-state index >= 15 is 0 Å². The standard InChI is InChI=1S/C26H31BrClN3O/c1-19-25(20(2)32)22-9-5-10-23(27)26(22)31(19)15-7-13-29-12-6-14-30(17-16-29)18-21-8-3-4-11-24(21)28/h3-5,8-11H,6-7,12-18H2,1-2H3. The fraction of sp³-hybridized carbons (Fsp3) is 0.423. The Labute approximate surface area is 204 Å². The second-order valence-electron chi connectivity index (χ2n) is 8.72. The number of hydrogen-bond acceptors (Lipinski definition) is 3. The molecule has 0 radical (unpaired) electrons. The predicted octanol–water partition coefficient (Wildman–Crippen LogP) is 6.17. The van der Waals surface area contributed by atoms with Crippen molar-refractivity contribution in [3.63, 3.8) is 0 Å². The van der Waals surface area contributed by atoms with Crippen molar-refractivity contribution in [2.45, 2.75) is 39.8 Å². The van der Waals surface area contributed by atoms with Crippen LogP contribution in [0, 0.1) is 6.92 Å². The van der Waals surface area contributed by atoms with Gasteiger partial charge in [-0.2, -0.15) is 0 Å². The third kappa shape index (κ3) is 5.12. The highest BCUT2D eigenvalue weighted by Crippen LogP contribution is 2.32. The molecule has 0 amide bonds. The first-order valence-electron chi connectivity index (χ1n) is 11.4. The van der Waals surface area contributed by atoms with E-state index in [2.05, 4.69) is 61.5 Å². The number of ketones is 1. The summed E-state index contributed by atoms with van der Waals surface area (Å²) < 4.78 is 3.37. The van der Waals surface area contributed by atoms with Crippen molar-refractivity contribution in [3.05, 3.63) is 68.8 Å². The highest BCUT2D eigenvalue weighted by atomic mass is 79.9. The summed E-state index contributed by atoms with van der Waals surface area (Å²) in [5, 5.41) is 1.91. The Morgan fingerprint density at radius 2 is 1.75 bits per heavy atom. The number of aryl methyl sites for hydroxylation is 1. The van der Waals surface area contributed by atoms with Crippen molar-refractivity contribution in [1.29, 1.82) is 0 Å². The highest BCUT2D eigenvalue weighted by Gasteiger charge is 2.20. The summed E-state index contributed by atoms with van der Waals surface area (Å²) in [5.74, 6) is 0.135. The van der Waals surface area contributed by atoms with E-state index in [0.717, 1.165) is 83.9 Å². The second-order valence-corrected chi connectivity index (χ2v) is 9.98. The smallest absolute Gasteiger partial charge is 0.162 e.